The highest BCUT2D eigenvalue weighted by Crippen LogP contribution is 2.13. The number of carboxylic acids is 2. The summed E-state index contributed by atoms with van der Waals surface area (Å²) in [7, 11) is 0. The van der Waals surface area contributed by atoms with E-state index in [4.69, 9.17) is 24.9 Å². The second kappa shape index (κ2) is 9.37. The molecule has 9 nitrogen and oxygen atoms in total. The van der Waals surface area contributed by atoms with Crippen LogP contribution in [-0.2, 0) is 19.2 Å². The van der Waals surface area contributed by atoms with Crippen LogP contribution < -0.4 is 11.5 Å². The first-order chi connectivity index (χ1) is 9.44. The zero-order valence-corrected chi connectivity index (χ0v) is 9.97. The SMILES string of the molecule is NC(=O)C(O)C(N)=O.O=C(O)C(F)(F)F.O=C(O)C(F)(F)F. The molecule has 0 saturated heterocycles. The quantitative estimate of drug-likeness (QED) is 0.300. The van der Waals surface area contributed by atoms with Crippen molar-refractivity contribution in [2.75, 3.05) is 0 Å². The summed E-state index contributed by atoms with van der Waals surface area (Å²) in [5.74, 6) is -7.77. The lowest BCUT2D eigenvalue weighted by Gasteiger charge is -1.96. The number of alkyl halides is 6. The molecule has 0 atom stereocenters. The van der Waals surface area contributed by atoms with Crippen molar-refractivity contribution in [1.82, 2.24) is 0 Å². The number of halogens is 6. The third-order valence-corrected chi connectivity index (χ3v) is 1.02. The highest BCUT2D eigenvalue weighted by atomic mass is 19.4. The molecule has 0 bridgehead atoms. The number of nitrogens with two attached hydrogens (primary N) is 2. The van der Waals surface area contributed by atoms with Crippen LogP contribution in [0.4, 0.5) is 26.3 Å². The normalized spacial score (nSPS) is 10.5. The Labute approximate surface area is 116 Å². The Morgan fingerprint density at radius 2 is 0.864 bits per heavy atom. The van der Waals surface area contributed by atoms with E-state index in [1.165, 1.54) is 0 Å². The van der Waals surface area contributed by atoms with Crippen LogP contribution in [0.3, 0.4) is 0 Å². The zero-order valence-electron chi connectivity index (χ0n) is 9.97. The van der Waals surface area contributed by atoms with Crippen molar-refractivity contribution in [1.29, 1.82) is 0 Å². The van der Waals surface area contributed by atoms with E-state index in [0.717, 1.165) is 0 Å². The number of carbonyl (C=O) groups excluding carboxylic acids is 2. The molecule has 0 heterocycles. The fourth-order valence-electron chi connectivity index (χ4n) is 0.140. The van der Waals surface area contributed by atoms with Gasteiger partial charge in [-0.3, -0.25) is 9.59 Å². The first-order valence-electron chi connectivity index (χ1n) is 4.31. The predicted octanol–water partition coefficient (Wildman–Crippen LogP) is -1.42. The maximum atomic E-state index is 10.6. The van der Waals surface area contributed by atoms with E-state index in [2.05, 4.69) is 11.5 Å². The Balaban J connectivity index is -0.000000247. The van der Waals surface area contributed by atoms with E-state index in [-0.39, 0.29) is 0 Å². The molecule has 0 aliphatic carbocycles. The second-order valence-corrected chi connectivity index (χ2v) is 2.81. The van der Waals surface area contributed by atoms with Gasteiger partial charge in [-0.05, 0) is 0 Å². The third kappa shape index (κ3) is 15.5. The van der Waals surface area contributed by atoms with E-state index >= 15 is 0 Å². The molecule has 22 heavy (non-hydrogen) atoms. The van der Waals surface area contributed by atoms with Gasteiger partial charge in [-0.25, -0.2) is 9.59 Å². The molecule has 7 N–H and O–H groups in total. The molecule has 130 valence electrons. The summed E-state index contributed by atoms with van der Waals surface area (Å²) in [6.07, 6.45) is -12.0. The molecule has 0 fully saturated rings. The number of aliphatic hydroxyl groups is 1. The molecule has 0 aliphatic heterocycles. The Morgan fingerprint density at radius 3 is 0.864 bits per heavy atom. The smallest absolute Gasteiger partial charge is 0.475 e. The monoisotopic (exact) mass is 346 g/mol. The van der Waals surface area contributed by atoms with Gasteiger partial charge in [0.05, 0.1) is 0 Å². The van der Waals surface area contributed by atoms with Crippen LogP contribution in [0.2, 0.25) is 0 Å². The van der Waals surface area contributed by atoms with Gasteiger partial charge in [-0.2, -0.15) is 26.3 Å². The van der Waals surface area contributed by atoms with Gasteiger partial charge < -0.3 is 26.8 Å². The molecule has 0 unspecified atom stereocenters. The number of carboxylic acid groups (broad SMARTS) is 2. The lowest BCUT2D eigenvalue weighted by molar-refractivity contribution is -0.193. The minimum absolute atomic E-state index is 1.13. The number of amides is 2. The maximum Gasteiger partial charge on any atom is 0.490 e. The highest BCUT2D eigenvalue weighted by molar-refractivity contribution is 6.01. The van der Waals surface area contributed by atoms with Crippen LogP contribution in [0, 0.1) is 0 Å². The van der Waals surface area contributed by atoms with Crippen molar-refractivity contribution >= 4 is 23.8 Å². The summed E-state index contributed by atoms with van der Waals surface area (Å²) in [5, 5.41) is 22.5. The fourth-order valence-corrected chi connectivity index (χ4v) is 0.140. The van der Waals surface area contributed by atoms with E-state index < -0.39 is 42.2 Å². The molecule has 2 amide bonds. The van der Waals surface area contributed by atoms with E-state index in [9.17, 15) is 35.9 Å². The van der Waals surface area contributed by atoms with E-state index in [0.29, 0.717) is 0 Å². The standard InChI is InChI=1S/C3H6N2O3.2C2HF3O2/c4-2(7)1(6)3(5)8;2*3-2(4,5)1(6)7/h1,6H,(H2,4,7)(H2,5,8);2*(H,6,7). The fraction of sp³-hybridized carbons (Fsp3) is 0.429. The molecule has 0 aliphatic rings. The first kappa shape index (κ1) is 24.4. The van der Waals surface area contributed by atoms with Gasteiger partial charge in [0.1, 0.15) is 0 Å². The third-order valence-electron chi connectivity index (χ3n) is 1.02. The number of hydrogen-bond acceptors (Lipinski definition) is 5. The average molecular weight is 346 g/mol. The summed E-state index contributed by atoms with van der Waals surface area (Å²) < 4.78 is 63.5. The number of aliphatic hydroxyl groups excluding tert-OH is 1. The van der Waals surface area contributed by atoms with Gasteiger partial charge in [-0.15, -0.1) is 0 Å². The molecular weight excluding hydrogens is 338 g/mol. The Kier molecular flexibility index (Phi) is 10.4. The number of hydrogen-bond donors (Lipinski definition) is 5. The highest BCUT2D eigenvalue weighted by Gasteiger charge is 2.38. The Bertz CT molecular complexity index is 381. The van der Waals surface area contributed by atoms with Gasteiger partial charge in [-0.1, -0.05) is 0 Å². The molecule has 0 aromatic rings. The first-order valence-corrected chi connectivity index (χ1v) is 4.31. The Hall–Kier alpha value is -2.58. The summed E-state index contributed by atoms with van der Waals surface area (Å²) >= 11 is 0. The van der Waals surface area contributed by atoms with Crippen molar-refractivity contribution in [2.24, 2.45) is 11.5 Å². The molecule has 0 spiro atoms. The van der Waals surface area contributed by atoms with Gasteiger partial charge in [0.2, 0.25) is 6.10 Å². The molecule has 0 radical (unpaired) electrons. The van der Waals surface area contributed by atoms with Crippen LogP contribution in [0.5, 0.6) is 0 Å². The molecular formula is C7H8F6N2O7. The van der Waals surface area contributed by atoms with Crippen molar-refractivity contribution in [3.63, 3.8) is 0 Å². The van der Waals surface area contributed by atoms with Crippen molar-refractivity contribution in [2.45, 2.75) is 18.5 Å². The summed E-state index contributed by atoms with van der Waals surface area (Å²) in [5.41, 5.74) is 8.89. The summed E-state index contributed by atoms with van der Waals surface area (Å²) in [6, 6.07) is 0. The van der Waals surface area contributed by atoms with Gasteiger partial charge in [0.15, 0.2) is 0 Å². The summed E-state index contributed by atoms with van der Waals surface area (Å²) in [6.45, 7) is 0. The predicted molar refractivity (Wildman–Crippen MR) is 51.8 cm³/mol. The topological polar surface area (TPSA) is 181 Å². The largest absolute Gasteiger partial charge is 0.490 e. The van der Waals surface area contributed by atoms with Gasteiger partial charge in [0, 0.05) is 0 Å². The molecule has 15 heteroatoms. The van der Waals surface area contributed by atoms with Crippen molar-refractivity contribution < 1.29 is 60.8 Å². The van der Waals surface area contributed by atoms with Crippen LogP contribution >= 0.6 is 0 Å². The van der Waals surface area contributed by atoms with Crippen molar-refractivity contribution in [3.8, 4) is 0 Å². The van der Waals surface area contributed by atoms with E-state index in [1.807, 2.05) is 0 Å². The minimum Gasteiger partial charge on any atom is -0.475 e. The van der Waals surface area contributed by atoms with Gasteiger partial charge in [0.25, 0.3) is 11.8 Å². The van der Waals surface area contributed by atoms with Crippen LogP contribution in [0.15, 0.2) is 0 Å². The zero-order chi connectivity index (χ0) is 18.9. The second-order valence-electron chi connectivity index (χ2n) is 2.81. The molecule has 0 rings (SSSR count). The minimum atomic E-state index is -5.08. The Morgan fingerprint density at radius 1 is 0.727 bits per heavy atom. The maximum absolute atomic E-state index is 10.6. The average Bonchev–Trinajstić information content (AvgIpc) is 2.26. The molecule has 0 aromatic heterocycles. The van der Waals surface area contributed by atoms with Crippen molar-refractivity contribution in [3.05, 3.63) is 0 Å². The lowest BCUT2D eigenvalue weighted by atomic mass is 10.3. The molecule has 0 saturated carbocycles. The lowest BCUT2D eigenvalue weighted by Crippen LogP contribution is -2.39. The van der Waals surface area contributed by atoms with Crippen LogP contribution in [0.25, 0.3) is 0 Å². The van der Waals surface area contributed by atoms with Crippen LogP contribution in [0.1, 0.15) is 0 Å². The van der Waals surface area contributed by atoms with E-state index in [1.54, 1.807) is 0 Å². The molecule has 0 aromatic carbocycles. The number of carbonyl (C=O) groups is 4. The van der Waals surface area contributed by atoms with Crippen LogP contribution in [-0.4, -0.2) is 57.5 Å². The summed E-state index contributed by atoms with van der Waals surface area (Å²) in [4.78, 5) is 37.4. The van der Waals surface area contributed by atoms with Gasteiger partial charge >= 0.3 is 24.3 Å². The number of primary amides is 2. The number of rotatable bonds is 2. The number of aliphatic carboxylic acids is 2.